The van der Waals surface area contributed by atoms with E-state index < -0.39 is 0 Å². The van der Waals surface area contributed by atoms with Crippen LogP contribution in [0.5, 0.6) is 6.01 Å². The van der Waals surface area contributed by atoms with Crippen LogP contribution in [0.4, 0.5) is 11.9 Å². The van der Waals surface area contributed by atoms with E-state index in [1.54, 1.807) is 0 Å². The minimum Gasteiger partial charge on any atom is -0.464 e. The highest BCUT2D eigenvalue weighted by Crippen LogP contribution is 2.23. The summed E-state index contributed by atoms with van der Waals surface area (Å²) in [6.07, 6.45) is 2.31. The first kappa shape index (κ1) is 9.91. The number of nitrogens with zero attached hydrogens (tertiary/aromatic N) is 3. The van der Waals surface area contributed by atoms with Gasteiger partial charge in [0, 0.05) is 6.04 Å². The summed E-state index contributed by atoms with van der Waals surface area (Å²) in [5.74, 6) is 6.05. The summed E-state index contributed by atoms with van der Waals surface area (Å²) in [6.45, 7) is 2.38. The van der Waals surface area contributed by atoms with Crippen molar-refractivity contribution in [2.45, 2.75) is 25.8 Å². The van der Waals surface area contributed by atoms with Crippen molar-refractivity contribution in [2.75, 3.05) is 17.3 Å². The average Bonchev–Trinajstić information content (AvgIpc) is 3.02. The molecule has 1 heterocycles. The molecule has 0 bridgehead atoms. The number of hydrogen-bond donors (Lipinski definition) is 3. The van der Waals surface area contributed by atoms with E-state index >= 15 is 0 Å². The first-order valence-electron chi connectivity index (χ1n) is 4.94. The summed E-state index contributed by atoms with van der Waals surface area (Å²) in [5, 5.41) is 3.15. The van der Waals surface area contributed by atoms with Crippen LogP contribution >= 0.6 is 0 Å². The molecule has 7 nitrogen and oxygen atoms in total. The van der Waals surface area contributed by atoms with Crippen molar-refractivity contribution < 1.29 is 4.74 Å². The van der Waals surface area contributed by atoms with E-state index in [0.29, 0.717) is 24.5 Å². The van der Waals surface area contributed by atoms with Gasteiger partial charge in [-0.1, -0.05) is 0 Å². The Bertz CT molecular complexity index is 340. The van der Waals surface area contributed by atoms with Crippen LogP contribution < -0.4 is 21.3 Å². The second-order valence-corrected chi connectivity index (χ2v) is 3.26. The standard InChI is InChI=1S/C8H14N6O/c1-2-15-8-12-6(10-5-3-4-5)11-7(13-8)14-9/h5H,2-4,9H2,1H3,(H2,10,11,12,13,14). The summed E-state index contributed by atoms with van der Waals surface area (Å²) in [4.78, 5) is 12.1. The van der Waals surface area contributed by atoms with E-state index in [9.17, 15) is 0 Å². The zero-order chi connectivity index (χ0) is 10.7. The van der Waals surface area contributed by atoms with E-state index in [-0.39, 0.29) is 6.01 Å². The molecule has 0 saturated heterocycles. The SMILES string of the molecule is CCOc1nc(NN)nc(NC2CC2)n1. The number of nitrogens with two attached hydrogens (primary N) is 1. The lowest BCUT2D eigenvalue weighted by Gasteiger charge is -2.07. The molecule has 4 N–H and O–H groups in total. The van der Waals surface area contributed by atoms with Crippen LogP contribution in [0.25, 0.3) is 0 Å². The number of hydrazine groups is 1. The number of hydrogen-bond acceptors (Lipinski definition) is 7. The summed E-state index contributed by atoms with van der Waals surface area (Å²) < 4.78 is 5.19. The van der Waals surface area contributed by atoms with Gasteiger partial charge in [-0.05, 0) is 19.8 Å². The fourth-order valence-electron chi connectivity index (χ4n) is 1.09. The smallest absolute Gasteiger partial charge is 0.323 e. The Morgan fingerprint density at radius 2 is 2.07 bits per heavy atom. The van der Waals surface area contributed by atoms with Gasteiger partial charge in [0.15, 0.2) is 0 Å². The fraction of sp³-hybridized carbons (Fsp3) is 0.625. The van der Waals surface area contributed by atoms with Gasteiger partial charge < -0.3 is 10.1 Å². The number of nitrogens with one attached hydrogen (secondary N) is 2. The molecule has 1 aromatic rings. The number of rotatable bonds is 5. The summed E-state index contributed by atoms with van der Waals surface area (Å²) in [7, 11) is 0. The zero-order valence-corrected chi connectivity index (χ0v) is 8.53. The minimum atomic E-state index is 0.281. The van der Waals surface area contributed by atoms with Crippen molar-refractivity contribution in [3.05, 3.63) is 0 Å². The third-order valence-corrected chi connectivity index (χ3v) is 1.93. The predicted octanol–water partition coefficient (Wildman–Crippen LogP) is 0.130. The lowest BCUT2D eigenvalue weighted by Crippen LogP contribution is -2.15. The largest absolute Gasteiger partial charge is 0.464 e. The summed E-state index contributed by atoms with van der Waals surface area (Å²) >= 11 is 0. The number of aromatic nitrogens is 3. The normalized spacial score (nSPS) is 14.8. The van der Waals surface area contributed by atoms with Crippen LogP contribution in [-0.4, -0.2) is 27.6 Å². The van der Waals surface area contributed by atoms with Gasteiger partial charge in [0.1, 0.15) is 0 Å². The van der Waals surface area contributed by atoms with Crippen molar-refractivity contribution >= 4 is 11.9 Å². The molecule has 0 atom stereocenters. The Hall–Kier alpha value is -1.63. The molecule has 0 amide bonds. The molecule has 1 aliphatic rings. The monoisotopic (exact) mass is 210 g/mol. The first-order valence-corrected chi connectivity index (χ1v) is 4.94. The van der Waals surface area contributed by atoms with Gasteiger partial charge in [-0.25, -0.2) is 5.84 Å². The van der Waals surface area contributed by atoms with Gasteiger partial charge in [0.05, 0.1) is 6.61 Å². The highest BCUT2D eigenvalue weighted by Gasteiger charge is 2.22. The highest BCUT2D eigenvalue weighted by molar-refractivity contribution is 5.36. The summed E-state index contributed by atoms with van der Waals surface area (Å²) in [5.41, 5.74) is 2.38. The van der Waals surface area contributed by atoms with Crippen LogP contribution in [0.1, 0.15) is 19.8 Å². The van der Waals surface area contributed by atoms with Crippen molar-refractivity contribution in [3.63, 3.8) is 0 Å². The van der Waals surface area contributed by atoms with E-state index in [1.165, 1.54) is 0 Å². The van der Waals surface area contributed by atoms with Crippen LogP contribution in [-0.2, 0) is 0 Å². The predicted molar refractivity (Wildman–Crippen MR) is 55.5 cm³/mol. The maximum absolute atomic E-state index is 5.24. The van der Waals surface area contributed by atoms with Crippen molar-refractivity contribution in [2.24, 2.45) is 5.84 Å². The molecule has 15 heavy (non-hydrogen) atoms. The van der Waals surface area contributed by atoms with E-state index in [0.717, 1.165) is 12.8 Å². The Morgan fingerprint density at radius 1 is 1.33 bits per heavy atom. The number of nitrogen functional groups attached to an aromatic ring is 1. The molecule has 1 aliphatic carbocycles. The van der Waals surface area contributed by atoms with E-state index in [1.807, 2.05) is 6.92 Å². The molecular weight excluding hydrogens is 196 g/mol. The lowest BCUT2D eigenvalue weighted by atomic mass is 10.7. The number of ether oxygens (including phenoxy) is 1. The second kappa shape index (κ2) is 4.26. The molecule has 0 spiro atoms. The van der Waals surface area contributed by atoms with Crippen LogP contribution in [0.15, 0.2) is 0 Å². The Morgan fingerprint density at radius 3 is 2.67 bits per heavy atom. The Kier molecular flexibility index (Phi) is 2.82. The highest BCUT2D eigenvalue weighted by atomic mass is 16.5. The van der Waals surface area contributed by atoms with Crippen LogP contribution in [0.3, 0.4) is 0 Å². The van der Waals surface area contributed by atoms with Gasteiger partial charge in [-0.15, -0.1) is 0 Å². The van der Waals surface area contributed by atoms with Crippen molar-refractivity contribution in [1.29, 1.82) is 0 Å². The fourth-order valence-corrected chi connectivity index (χ4v) is 1.09. The van der Waals surface area contributed by atoms with E-state index in [4.69, 9.17) is 10.6 Å². The molecule has 82 valence electrons. The molecule has 0 aliphatic heterocycles. The van der Waals surface area contributed by atoms with Gasteiger partial charge in [-0.3, -0.25) is 5.43 Å². The summed E-state index contributed by atoms with van der Waals surface area (Å²) in [6, 6.07) is 0.760. The van der Waals surface area contributed by atoms with Gasteiger partial charge in [0.25, 0.3) is 0 Å². The molecule has 0 radical (unpaired) electrons. The molecule has 1 fully saturated rings. The van der Waals surface area contributed by atoms with Crippen LogP contribution in [0, 0.1) is 0 Å². The van der Waals surface area contributed by atoms with Crippen molar-refractivity contribution in [1.82, 2.24) is 15.0 Å². The molecule has 7 heteroatoms. The molecule has 1 aromatic heterocycles. The molecule has 0 unspecified atom stereocenters. The lowest BCUT2D eigenvalue weighted by molar-refractivity contribution is 0.312. The maximum atomic E-state index is 5.24. The average molecular weight is 210 g/mol. The molecule has 1 saturated carbocycles. The maximum Gasteiger partial charge on any atom is 0.323 e. The van der Waals surface area contributed by atoms with Gasteiger partial charge >= 0.3 is 6.01 Å². The Labute approximate surface area is 87.4 Å². The quantitative estimate of drug-likeness (QED) is 0.469. The molecule has 2 rings (SSSR count). The Balaban J connectivity index is 2.15. The molecule has 0 aromatic carbocycles. The third-order valence-electron chi connectivity index (χ3n) is 1.93. The van der Waals surface area contributed by atoms with Gasteiger partial charge in [0.2, 0.25) is 11.9 Å². The number of anilines is 2. The van der Waals surface area contributed by atoms with Crippen LogP contribution in [0.2, 0.25) is 0 Å². The van der Waals surface area contributed by atoms with Crippen molar-refractivity contribution in [3.8, 4) is 6.01 Å². The molecular formula is C8H14N6O. The zero-order valence-electron chi connectivity index (χ0n) is 8.53. The third kappa shape index (κ3) is 2.66. The minimum absolute atomic E-state index is 0.281. The first-order chi connectivity index (χ1) is 7.31. The van der Waals surface area contributed by atoms with E-state index in [2.05, 4.69) is 25.7 Å². The van der Waals surface area contributed by atoms with Gasteiger partial charge in [-0.2, -0.15) is 15.0 Å². The second-order valence-electron chi connectivity index (χ2n) is 3.26. The topological polar surface area (TPSA) is 98.0 Å².